The Morgan fingerprint density at radius 3 is 3.12 bits per heavy atom. The van der Waals surface area contributed by atoms with Gasteiger partial charge in [-0.2, -0.15) is 5.10 Å². The van der Waals surface area contributed by atoms with Crippen LogP contribution < -0.4 is 10.1 Å². The van der Waals surface area contributed by atoms with E-state index in [9.17, 15) is 4.79 Å². The third-order valence-electron chi connectivity index (χ3n) is 4.31. The Morgan fingerprint density at radius 1 is 1.36 bits per heavy atom. The van der Waals surface area contributed by atoms with Gasteiger partial charge in [-0.3, -0.25) is 9.48 Å². The SMILES string of the molecule is Cn1nc(-c2cccs2)cc1C(=O)NCc1ccc2c(c1)CCCO2. The summed E-state index contributed by atoms with van der Waals surface area (Å²) in [5.41, 5.74) is 3.69. The van der Waals surface area contributed by atoms with E-state index in [0.29, 0.717) is 12.2 Å². The minimum absolute atomic E-state index is 0.119. The zero-order valence-electron chi connectivity index (χ0n) is 14.0. The van der Waals surface area contributed by atoms with Gasteiger partial charge in [-0.25, -0.2) is 0 Å². The standard InChI is InChI=1S/C19H19N3O2S/c1-22-16(11-15(21-22)18-5-3-9-25-18)19(23)20-12-13-6-7-17-14(10-13)4-2-8-24-17/h3,5-7,9-11H,2,4,8,12H2,1H3,(H,20,23). The number of benzene rings is 1. The summed E-state index contributed by atoms with van der Waals surface area (Å²) in [6.45, 7) is 1.28. The van der Waals surface area contributed by atoms with Crippen LogP contribution >= 0.6 is 11.3 Å². The molecular formula is C19H19N3O2S. The van der Waals surface area contributed by atoms with E-state index in [2.05, 4.69) is 16.5 Å². The van der Waals surface area contributed by atoms with E-state index < -0.39 is 0 Å². The lowest BCUT2D eigenvalue weighted by Gasteiger charge is -2.18. The fraction of sp³-hybridized carbons (Fsp3) is 0.263. The molecule has 0 radical (unpaired) electrons. The van der Waals surface area contributed by atoms with Crippen molar-refractivity contribution in [1.82, 2.24) is 15.1 Å². The molecule has 0 saturated heterocycles. The number of hydrogen-bond donors (Lipinski definition) is 1. The van der Waals surface area contributed by atoms with Crippen molar-refractivity contribution in [3.05, 3.63) is 58.6 Å². The maximum atomic E-state index is 12.5. The zero-order chi connectivity index (χ0) is 17.2. The van der Waals surface area contributed by atoms with Crippen molar-refractivity contribution >= 4 is 17.2 Å². The molecule has 0 spiro atoms. The summed E-state index contributed by atoms with van der Waals surface area (Å²) < 4.78 is 7.26. The summed E-state index contributed by atoms with van der Waals surface area (Å²) in [7, 11) is 1.79. The lowest BCUT2D eigenvalue weighted by Crippen LogP contribution is -2.25. The van der Waals surface area contributed by atoms with Gasteiger partial charge in [0.05, 0.1) is 11.5 Å². The van der Waals surface area contributed by atoms with Crippen LogP contribution in [0.5, 0.6) is 5.75 Å². The Kier molecular flexibility index (Phi) is 4.28. The van der Waals surface area contributed by atoms with E-state index in [-0.39, 0.29) is 5.91 Å². The molecule has 0 saturated carbocycles. The van der Waals surface area contributed by atoms with Crippen LogP contribution in [0.1, 0.15) is 28.0 Å². The van der Waals surface area contributed by atoms with Gasteiger partial charge in [-0.05, 0) is 47.5 Å². The number of carbonyl (C=O) groups excluding carboxylic acids is 1. The average molecular weight is 353 g/mol. The molecule has 0 aliphatic carbocycles. The van der Waals surface area contributed by atoms with E-state index in [1.165, 1.54) is 5.56 Å². The number of nitrogens with one attached hydrogen (secondary N) is 1. The highest BCUT2D eigenvalue weighted by atomic mass is 32.1. The molecule has 128 valence electrons. The number of fused-ring (bicyclic) bond motifs is 1. The van der Waals surface area contributed by atoms with Crippen molar-refractivity contribution in [3.8, 4) is 16.3 Å². The van der Waals surface area contributed by atoms with E-state index in [1.54, 1.807) is 23.1 Å². The van der Waals surface area contributed by atoms with Crippen LogP contribution in [0.4, 0.5) is 0 Å². The second-order valence-electron chi connectivity index (χ2n) is 6.09. The quantitative estimate of drug-likeness (QED) is 0.782. The largest absolute Gasteiger partial charge is 0.493 e. The van der Waals surface area contributed by atoms with Crippen molar-refractivity contribution in [2.75, 3.05) is 6.61 Å². The topological polar surface area (TPSA) is 56.2 Å². The highest BCUT2D eigenvalue weighted by molar-refractivity contribution is 7.13. The lowest BCUT2D eigenvalue weighted by atomic mass is 10.0. The Hall–Kier alpha value is -2.60. The smallest absolute Gasteiger partial charge is 0.269 e. The van der Waals surface area contributed by atoms with Crippen LogP contribution in [-0.4, -0.2) is 22.3 Å². The van der Waals surface area contributed by atoms with Gasteiger partial charge in [0.2, 0.25) is 0 Å². The Labute approximate surface area is 150 Å². The average Bonchev–Trinajstić information content (AvgIpc) is 3.29. The first-order valence-corrected chi connectivity index (χ1v) is 9.19. The molecule has 0 fully saturated rings. The Bertz CT molecular complexity index is 900. The van der Waals surface area contributed by atoms with Crippen LogP contribution in [-0.2, 0) is 20.0 Å². The van der Waals surface area contributed by atoms with Crippen molar-refractivity contribution < 1.29 is 9.53 Å². The van der Waals surface area contributed by atoms with Crippen LogP contribution in [0.2, 0.25) is 0 Å². The molecule has 0 unspecified atom stereocenters. The van der Waals surface area contributed by atoms with Crippen molar-refractivity contribution in [2.24, 2.45) is 7.05 Å². The van der Waals surface area contributed by atoms with Crippen LogP contribution in [0.15, 0.2) is 41.8 Å². The number of ether oxygens (including phenoxy) is 1. The third-order valence-corrected chi connectivity index (χ3v) is 5.20. The highest BCUT2D eigenvalue weighted by Gasteiger charge is 2.15. The van der Waals surface area contributed by atoms with Gasteiger partial charge in [0.25, 0.3) is 5.91 Å². The number of amides is 1. The molecule has 0 bridgehead atoms. The summed E-state index contributed by atoms with van der Waals surface area (Å²) in [5, 5.41) is 9.42. The predicted octanol–water partition coefficient (Wildman–Crippen LogP) is 3.40. The van der Waals surface area contributed by atoms with E-state index in [4.69, 9.17) is 4.74 Å². The lowest BCUT2D eigenvalue weighted by molar-refractivity contribution is 0.0941. The zero-order valence-corrected chi connectivity index (χ0v) is 14.8. The molecule has 25 heavy (non-hydrogen) atoms. The second-order valence-corrected chi connectivity index (χ2v) is 7.04. The first-order valence-electron chi connectivity index (χ1n) is 8.31. The first kappa shape index (κ1) is 15.9. The number of aromatic nitrogens is 2. The van der Waals surface area contributed by atoms with Crippen molar-refractivity contribution in [3.63, 3.8) is 0 Å². The molecule has 1 N–H and O–H groups in total. The van der Waals surface area contributed by atoms with E-state index >= 15 is 0 Å². The van der Waals surface area contributed by atoms with Gasteiger partial charge in [0.15, 0.2) is 0 Å². The fourth-order valence-corrected chi connectivity index (χ4v) is 3.70. The van der Waals surface area contributed by atoms with Gasteiger partial charge in [0.1, 0.15) is 17.1 Å². The molecule has 1 amide bonds. The fourth-order valence-electron chi connectivity index (χ4n) is 3.02. The summed E-state index contributed by atoms with van der Waals surface area (Å²) >= 11 is 1.61. The van der Waals surface area contributed by atoms with Crippen LogP contribution in [0.3, 0.4) is 0 Å². The molecule has 3 aromatic rings. The van der Waals surface area contributed by atoms with Crippen molar-refractivity contribution in [1.29, 1.82) is 0 Å². The van der Waals surface area contributed by atoms with Gasteiger partial charge in [-0.1, -0.05) is 18.2 Å². The minimum Gasteiger partial charge on any atom is -0.493 e. The van der Waals surface area contributed by atoms with Gasteiger partial charge >= 0.3 is 0 Å². The van der Waals surface area contributed by atoms with Gasteiger partial charge in [0, 0.05) is 13.6 Å². The maximum Gasteiger partial charge on any atom is 0.269 e. The molecule has 1 aliphatic rings. The summed E-state index contributed by atoms with van der Waals surface area (Å²) in [6, 6.07) is 11.9. The van der Waals surface area contributed by atoms with Gasteiger partial charge in [-0.15, -0.1) is 11.3 Å². The number of rotatable bonds is 4. The van der Waals surface area contributed by atoms with Crippen LogP contribution in [0, 0.1) is 0 Å². The molecular weight excluding hydrogens is 334 g/mol. The van der Waals surface area contributed by atoms with Gasteiger partial charge < -0.3 is 10.1 Å². The number of aryl methyl sites for hydroxylation is 2. The van der Waals surface area contributed by atoms with Crippen molar-refractivity contribution in [2.45, 2.75) is 19.4 Å². The van der Waals surface area contributed by atoms with E-state index in [0.717, 1.165) is 41.3 Å². The van der Waals surface area contributed by atoms with E-state index in [1.807, 2.05) is 35.7 Å². The molecule has 1 aliphatic heterocycles. The Morgan fingerprint density at radius 2 is 2.28 bits per heavy atom. The second kappa shape index (κ2) is 6.72. The molecule has 4 rings (SSSR count). The Balaban J connectivity index is 1.46. The highest BCUT2D eigenvalue weighted by Crippen LogP contribution is 2.26. The number of thiophene rings is 1. The molecule has 1 aromatic carbocycles. The number of hydrogen-bond acceptors (Lipinski definition) is 4. The summed E-state index contributed by atoms with van der Waals surface area (Å²) in [5.74, 6) is 0.848. The number of carbonyl (C=O) groups is 1. The molecule has 3 heterocycles. The molecule has 2 aromatic heterocycles. The maximum absolute atomic E-state index is 12.5. The minimum atomic E-state index is -0.119. The summed E-state index contributed by atoms with van der Waals surface area (Å²) in [6.07, 6.45) is 2.08. The molecule has 5 nitrogen and oxygen atoms in total. The first-order chi connectivity index (χ1) is 12.2. The molecule has 6 heteroatoms. The normalized spacial score (nSPS) is 13.2. The third kappa shape index (κ3) is 3.30. The molecule has 0 atom stereocenters. The summed E-state index contributed by atoms with van der Waals surface area (Å²) in [4.78, 5) is 13.6. The number of nitrogens with zero attached hydrogens (tertiary/aromatic N) is 2. The van der Waals surface area contributed by atoms with Crippen LogP contribution in [0.25, 0.3) is 10.6 Å². The predicted molar refractivity (Wildman–Crippen MR) is 97.9 cm³/mol. The monoisotopic (exact) mass is 353 g/mol.